The van der Waals surface area contributed by atoms with E-state index in [-0.39, 0.29) is 17.9 Å². The van der Waals surface area contributed by atoms with E-state index in [0.29, 0.717) is 0 Å². The Labute approximate surface area is 149 Å². The van der Waals surface area contributed by atoms with E-state index in [1.54, 1.807) is 0 Å². The number of ether oxygens (including phenoxy) is 2. The van der Waals surface area contributed by atoms with Crippen molar-refractivity contribution < 1.29 is 46.1 Å². The summed E-state index contributed by atoms with van der Waals surface area (Å²) in [7, 11) is 0. The van der Waals surface area contributed by atoms with Crippen LogP contribution in [0.3, 0.4) is 0 Å². The summed E-state index contributed by atoms with van der Waals surface area (Å²) in [5.41, 5.74) is -3.96. The van der Waals surface area contributed by atoms with Crippen LogP contribution in [-0.4, -0.2) is 42.2 Å². The van der Waals surface area contributed by atoms with Gasteiger partial charge in [0.05, 0.1) is 12.6 Å². The number of amides is 2. The molecule has 27 heavy (non-hydrogen) atoms. The van der Waals surface area contributed by atoms with E-state index >= 15 is 0 Å². The number of aliphatic hydroxyl groups is 1. The normalized spacial score (nSPS) is 25.6. The van der Waals surface area contributed by atoms with Crippen LogP contribution in [0.4, 0.5) is 26.7 Å². The summed E-state index contributed by atoms with van der Waals surface area (Å²) < 4.78 is 73.5. The fraction of sp³-hybridized carbons (Fsp3) is 0.467. The molecule has 0 unspecified atom stereocenters. The number of rotatable bonds is 5. The molecule has 1 saturated heterocycles. The largest absolute Gasteiger partial charge is 0.466 e. The van der Waals surface area contributed by atoms with E-state index in [1.807, 2.05) is 0 Å². The van der Waals surface area contributed by atoms with Gasteiger partial charge in [0.15, 0.2) is 0 Å². The summed E-state index contributed by atoms with van der Waals surface area (Å²) in [5.74, 6) is -3.99. The van der Waals surface area contributed by atoms with Crippen molar-refractivity contribution in [3.63, 3.8) is 0 Å². The molecule has 12 heteroatoms. The van der Waals surface area contributed by atoms with Crippen molar-refractivity contribution >= 4 is 12.0 Å². The SMILES string of the molecule is CCOC(=O)[C@H]1[C@H](c2ccc(OC(F)F)cc2)NC(=O)N[C@]1(O)C(F)(F)F. The highest BCUT2D eigenvalue weighted by atomic mass is 19.4. The number of hydrogen-bond donors (Lipinski definition) is 3. The lowest BCUT2D eigenvalue weighted by Gasteiger charge is -2.44. The molecule has 7 nitrogen and oxygen atoms in total. The fourth-order valence-corrected chi connectivity index (χ4v) is 2.67. The highest BCUT2D eigenvalue weighted by Crippen LogP contribution is 2.43. The van der Waals surface area contributed by atoms with Gasteiger partial charge in [0, 0.05) is 0 Å². The van der Waals surface area contributed by atoms with Gasteiger partial charge in [-0.1, -0.05) is 12.1 Å². The average Bonchev–Trinajstić information content (AvgIpc) is 2.53. The third-order valence-corrected chi connectivity index (χ3v) is 3.81. The summed E-state index contributed by atoms with van der Waals surface area (Å²) in [4.78, 5) is 23.9. The lowest BCUT2D eigenvalue weighted by molar-refractivity contribution is -0.294. The van der Waals surface area contributed by atoms with Crippen LogP contribution in [0.5, 0.6) is 5.75 Å². The molecule has 1 heterocycles. The maximum atomic E-state index is 13.4. The molecule has 0 aliphatic carbocycles. The molecule has 1 aliphatic heterocycles. The summed E-state index contributed by atoms with van der Waals surface area (Å²) in [5, 5.41) is 13.5. The minimum atomic E-state index is -5.40. The second kappa shape index (κ2) is 7.55. The Bertz CT molecular complexity index is 697. The second-order valence-corrected chi connectivity index (χ2v) is 5.52. The molecule has 0 aromatic heterocycles. The van der Waals surface area contributed by atoms with Crippen LogP contribution in [0.25, 0.3) is 0 Å². The lowest BCUT2D eigenvalue weighted by atomic mass is 9.82. The highest BCUT2D eigenvalue weighted by Gasteiger charge is 2.67. The number of carbonyl (C=O) groups is 2. The van der Waals surface area contributed by atoms with Gasteiger partial charge in [0.2, 0.25) is 0 Å². The molecule has 1 aromatic carbocycles. The highest BCUT2D eigenvalue weighted by molar-refractivity contribution is 5.83. The standard InChI is InChI=1S/C15H15F5N2O5/c1-2-26-11(23)9-10(7-3-5-8(6-4-7)27-12(16)17)21-13(24)22-14(9,25)15(18,19)20/h3-6,9-10,12,25H,2H2,1H3,(H2,21,22,24)/t9-,10+,14-/m1/s1. The van der Waals surface area contributed by atoms with Crippen molar-refractivity contribution in [2.45, 2.75) is 31.5 Å². The van der Waals surface area contributed by atoms with Crippen LogP contribution < -0.4 is 15.4 Å². The summed E-state index contributed by atoms with van der Waals surface area (Å²) >= 11 is 0. The third kappa shape index (κ3) is 4.21. The van der Waals surface area contributed by atoms with Crippen LogP contribution in [0, 0.1) is 5.92 Å². The van der Waals surface area contributed by atoms with Gasteiger partial charge in [-0.3, -0.25) is 4.79 Å². The zero-order valence-electron chi connectivity index (χ0n) is 13.7. The number of benzene rings is 1. The van der Waals surface area contributed by atoms with E-state index in [1.165, 1.54) is 12.2 Å². The molecule has 0 saturated carbocycles. The quantitative estimate of drug-likeness (QED) is 0.521. The Hall–Kier alpha value is -2.63. The van der Waals surface area contributed by atoms with Crippen molar-refractivity contribution in [3.8, 4) is 5.75 Å². The van der Waals surface area contributed by atoms with Crippen LogP contribution in [0.1, 0.15) is 18.5 Å². The Morgan fingerprint density at radius 2 is 1.89 bits per heavy atom. The monoisotopic (exact) mass is 398 g/mol. The van der Waals surface area contributed by atoms with Gasteiger partial charge in [-0.15, -0.1) is 0 Å². The van der Waals surface area contributed by atoms with Gasteiger partial charge >= 0.3 is 24.8 Å². The number of esters is 1. The molecule has 150 valence electrons. The van der Waals surface area contributed by atoms with Crippen LogP contribution in [-0.2, 0) is 9.53 Å². The van der Waals surface area contributed by atoms with Gasteiger partial charge in [-0.2, -0.15) is 22.0 Å². The summed E-state index contributed by atoms with van der Waals surface area (Å²) in [6.07, 6.45) is -5.40. The summed E-state index contributed by atoms with van der Waals surface area (Å²) in [6, 6.07) is 1.17. The predicted octanol–water partition coefficient (Wildman–Crippen LogP) is 2.07. The first-order valence-electron chi connectivity index (χ1n) is 7.58. The Morgan fingerprint density at radius 1 is 1.30 bits per heavy atom. The number of hydrogen-bond acceptors (Lipinski definition) is 5. The molecule has 3 atom stereocenters. The van der Waals surface area contributed by atoms with Crippen LogP contribution >= 0.6 is 0 Å². The zero-order valence-corrected chi connectivity index (χ0v) is 13.7. The number of alkyl halides is 5. The molecular formula is C15H15F5N2O5. The lowest BCUT2D eigenvalue weighted by Crippen LogP contribution is -2.73. The third-order valence-electron chi connectivity index (χ3n) is 3.81. The molecule has 0 spiro atoms. The molecule has 0 radical (unpaired) electrons. The topological polar surface area (TPSA) is 96.9 Å². The van der Waals surface area contributed by atoms with Gasteiger partial charge in [0.1, 0.15) is 11.7 Å². The number of urea groups is 1. The van der Waals surface area contributed by atoms with Gasteiger partial charge < -0.3 is 25.2 Å². The van der Waals surface area contributed by atoms with Gasteiger partial charge in [-0.25, -0.2) is 4.79 Å². The molecule has 1 aromatic rings. The van der Waals surface area contributed by atoms with E-state index in [0.717, 1.165) is 24.3 Å². The van der Waals surface area contributed by atoms with Crippen LogP contribution in [0.2, 0.25) is 0 Å². The van der Waals surface area contributed by atoms with Crippen molar-refractivity contribution in [2.75, 3.05) is 6.61 Å². The van der Waals surface area contributed by atoms with Crippen molar-refractivity contribution in [3.05, 3.63) is 29.8 Å². The Morgan fingerprint density at radius 3 is 2.37 bits per heavy atom. The molecular weight excluding hydrogens is 383 g/mol. The first-order valence-corrected chi connectivity index (χ1v) is 7.58. The summed E-state index contributed by atoms with van der Waals surface area (Å²) in [6.45, 7) is -2.03. The predicted molar refractivity (Wildman–Crippen MR) is 78.6 cm³/mol. The maximum Gasteiger partial charge on any atom is 0.437 e. The van der Waals surface area contributed by atoms with Crippen molar-refractivity contribution in [1.29, 1.82) is 0 Å². The number of halogens is 5. The number of nitrogens with one attached hydrogen (secondary N) is 2. The Balaban J connectivity index is 2.47. The van der Waals surface area contributed by atoms with E-state index in [9.17, 15) is 36.6 Å². The van der Waals surface area contributed by atoms with Crippen molar-refractivity contribution in [2.24, 2.45) is 5.92 Å². The molecule has 1 fully saturated rings. The van der Waals surface area contributed by atoms with E-state index in [2.05, 4.69) is 14.8 Å². The fourth-order valence-electron chi connectivity index (χ4n) is 2.67. The molecule has 1 aliphatic rings. The van der Waals surface area contributed by atoms with Gasteiger partial charge in [-0.05, 0) is 24.6 Å². The molecule has 3 N–H and O–H groups in total. The maximum absolute atomic E-state index is 13.4. The molecule has 0 bridgehead atoms. The van der Waals surface area contributed by atoms with Crippen molar-refractivity contribution in [1.82, 2.24) is 10.6 Å². The average molecular weight is 398 g/mol. The minimum Gasteiger partial charge on any atom is -0.466 e. The Kier molecular flexibility index (Phi) is 5.78. The first kappa shape index (κ1) is 20.7. The van der Waals surface area contributed by atoms with Gasteiger partial charge in [0.25, 0.3) is 5.72 Å². The van der Waals surface area contributed by atoms with E-state index < -0.39 is 42.5 Å². The smallest absolute Gasteiger partial charge is 0.437 e. The second-order valence-electron chi connectivity index (χ2n) is 5.52. The van der Waals surface area contributed by atoms with Crippen LogP contribution in [0.15, 0.2) is 24.3 Å². The molecule has 2 rings (SSSR count). The minimum absolute atomic E-state index is 0.0628. The van der Waals surface area contributed by atoms with E-state index in [4.69, 9.17) is 0 Å². The molecule has 2 amide bonds. The first-order chi connectivity index (χ1) is 12.5. The number of carbonyl (C=O) groups excluding carboxylic acids is 2. The zero-order chi connectivity index (χ0) is 20.4.